The molecule has 1 aromatic carbocycles. The number of aryl methyl sites for hydroxylation is 1. The van der Waals surface area contributed by atoms with Crippen LogP contribution in [0.3, 0.4) is 0 Å². The third-order valence-corrected chi connectivity index (χ3v) is 4.73. The first kappa shape index (κ1) is 16.1. The maximum Gasteiger partial charge on any atom is 0.224 e. The molecule has 1 N–H and O–H groups in total. The molecule has 0 radical (unpaired) electrons. The molecule has 2 bridgehead atoms. The van der Waals surface area contributed by atoms with Gasteiger partial charge in [0.1, 0.15) is 0 Å². The molecule has 6 heteroatoms. The van der Waals surface area contributed by atoms with Gasteiger partial charge in [-0.3, -0.25) is 4.79 Å². The Morgan fingerprint density at radius 2 is 1.87 bits per heavy atom. The van der Waals surface area contributed by atoms with Crippen LogP contribution in [0.5, 0.6) is 0 Å². The summed E-state index contributed by atoms with van der Waals surface area (Å²) in [5, 5.41) is 3.54. The van der Waals surface area contributed by atoms with E-state index in [2.05, 4.69) is 10.3 Å². The fourth-order valence-corrected chi connectivity index (χ4v) is 3.52. The second-order valence-corrected chi connectivity index (χ2v) is 6.36. The lowest BCUT2D eigenvalue weighted by molar-refractivity contribution is -0.132. The van der Waals surface area contributed by atoms with Crippen LogP contribution >= 0.6 is 12.4 Å². The zero-order valence-corrected chi connectivity index (χ0v) is 14.0. The summed E-state index contributed by atoms with van der Waals surface area (Å²) in [5.41, 5.74) is 3.62. The first-order valence-corrected chi connectivity index (χ1v) is 7.95. The van der Waals surface area contributed by atoms with Crippen molar-refractivity contribution in [3.05, 3.63) is 35.7 Å². The van der Waals surface area contributed by atoms with Gasteiger partial charge in [0.15, 0.2) is 0 Å². The molecule has 4 rings (SSSR count). The number of carbonyl (C=O) groups excluding carboxylic acids is 1. The highest BCUT2D eigenvalue weighted by molar-refractivity contribution is 5.85. The molecule has 23 heavy (non-hydrogen) atoms. The Morgan fingerprint density at radius 1 is 1.17 bits per heavy atom. The summed E-state index contributed by atoms with van der Waals surface area (Å²) in [4.78, 5) is 23.7. The Balaban J connectivity index is 0.00000156. The molecule has 2 atom stereocenters. The zero-order chi connectivity index (χ0) is 15.1. The molecular weight excluding hydrogens is 312 g/mol. The maximum absolute atomic E-state index is 12.4. The van der Waals surface area contributed by atoms with Gasteiger partial charge in [-0.2, -0.15) is 0 Å². The van der Waals surface area contributed by atoms with Crippen molar-refractivity contribution in [1.29, 1.82) is 0 Å². The number of carbonyl (C=O) groups is 1. The number of likely N-dealkylation sites (tertiary alicyclic amines) is 1. The standard InChI is InChI=1S/C17H20N4O.ClH/c1-11-16(20-15-5-3-2-4-14(15)18-11)10-21-9-13-7-6-12(19-13)8-17(21)22;/h2-5,12-13,19H,6-10H2,1H3;1H/t12-,13+;/m1./s1. The number of halogens is 1. The molecule has 5 nitrogen and oxygen atoms in total. The van der Waals surface area contributed by atoms with Gasteiger partial charge < -0.3 is 10.2 Å². The van der Waals surface area contributed by atoms with Crippen LogP contribution in [0.15, 0.2) is 24.3 Å². The number of nitrogens with one attached hydrogen (secondary N) is 1. The van der Waals surface area contributed by atoms with Crippen molar-refractivity contribution < 1.29 is 4.79 Å². The third kappa shape index (κ3) is 3.16. The summed E-state index contributed by atoms with van der Waals surface area (Å²) in [7, 11) is 0. The second-order valence-electron chi connectivity index (χ2n) is 6.36. The average Bonchev–Trinajstić information content (AvgIpc) is 2.87. The molecule has 3 heterocycles. The van der Waals surface area contributed by atoms with Crippen molar-refractivity contribution in [2.45, 2.75) is 44.8 Å². The Kier molecular flexibility index (Phi) is 4.50. The van der Waals surface area contributed by atoms with Crippen molar-refractivity contribution in [3.63, 3.8) is 0 Å². The fourth-order valence-electron chi connectivity index (χ4n) is 3.52. The van der Waals surface area contributed by atoms with E-state index in [9.17, 15) is 4.79 Å². The van der Waals surface area contributed by atoms with Gasteiger partial charge in [0.25, 0.3) is 0 Å². The Morgan fingerprint density at radius 3 is 2.65 bits per heavy atom. The van der Waals surface area contributed by atoms with Gasteiger partial charge in [-0.15, -0.1) is 12.4 Å². The topological polar surface area (TPSA) is 58.1 Å². The molecule has 122 valence electrons. The maximum atomic E-state index is 12.4. The lowest BCUT2D eigenvalue weighted by atomic mass is 10.1. The van der Waals surface area contributed by atoms with Gasteiger partial charge >= 0.3 is 0 Å². The largest absolute Gasteiger partial charge is 0.335 e. The van der Waals surface area contributed by atoms with Crippen LogP contribution in [0.1, 0.15) is 30.7 Å². The molecule has 0 unspecified atom stereocenters. The first-order valence-electron chi connectivity index (χ1n) is 7.95. The van der Waals surface area contributed by atoms with Gasteiger partial charge in [-0.25, -0.2) is 9.97 Å². The molecule has 1 aromatic heterocycles. The smallest absolute Gasteiger partial charge is 0.224 e. The van der Waals surface area contributed by atoms with Crippen LogP contribution in [0.4, 0.5) is 0 Å². The minimum Gasteiger partial charge on any atom is -0.335 e. The summed E-state index contributed by atoms with van der Waals surface area (Å²) in [5.74, 6) is 0.231. The van der Waals surface area contributed by atoms with Gasteiger partial charge in [-0.05, 0) is 31.9 Å². The number of hydrogen-bond acceptors (Lipinski definition) is 4. The zero-order valence-electron chi connectivity index (χ0n) is 13.2. The molecule has 0 aliphatic carbocycles. The molecule has 2 aliphatic heterocycles. The molecule has 0 saturated carbocycles. The van der Waals surface area contributed by atoms with E-state index in [1.165, 1.54) is 0 Å². The molecule has 2 aromatic rings. The number of hydrogen-bond donors (Lipinski definition) is 1. The molecule has 1 amide bonds. The molecule has 2 aliphatic rings. The van der Waals surface area contributed by atoms with E-state index < -0.39 is 0 Å². The average molecular weight is 333 g/mol. The Hall–Kier alpha value is -1.72. The van der Waals surface area contributed by atoms with Gasteiger partial charge in [0, 0.05) is 25.0 Å². The number of nitrogens with zero attached hydrogens (tertiary/aromatic N) is 3. The predicted molar refractivity (Wildman–Crippen MR) is 91.5 cm³/mol. The number of aromatic nitrogens is 2. The van der Waals surface area contributed by atoms with E-state index in [-0.39, 0.29) is 18.3 Å². The molecule has 2 fully saturated rings. The Labute approximate surface area is 141 Å². The Bertz CT molecular complexity index is 736. The minimum atomic E-state index is 0. The van der Waals surface area contributed by atoms with E-state index in [1.54, 1.807) is 0 Å². The first-order chi connectivity index (χ1) is 10.7. The predicted octanol–water partition coefficient (Wildman–Crippen LogP) is 2.21. The SMILES string of the molecule is Cc1nc2ccccc2nc1CN1C[C@@H]2CC[C@H](CC1=O)N2.Cl. The van der Waals surface area contributed by atoms with Crippen molar-refractivity contribution in [1.82, 2.24) is 20.2 Å². The minimum absolute atomic E-state index is 0. The van der Waals surface area contributed by atoms with Crippen molar-refractivity contribution in [2.24, 2.45) is 0 Å². The molecule has 2 saturated heterocycles. The number of amides is 1. The number of fused-ring (bicyclic) bond motifs is 3. The summed E-state index contributed by atoms with van der Waals surface area (Å²) < 4.78 is 0. The van der Waals surface area contributed by atoms with Crippen LogP contribution < -0.4 is 5.32 Å². The van der Waals surface area contributed by atoms with Crippen LogP contribution in [0.25, 0.3) is 11.0 Å². The number of benzene rings is 1. The van der Waals surface area contributed by atoms with E-state index >= 15 is 0 Å². The third-order valence-electron chi connectivity index (χ3n) is 4.73. The lowest BCUT2D eigenvalue weighted by Gasteiger charge is -2.24. The van der Waals surface area contributed by atoms with Crippen LogP contribution in [0.2, 0.25) is 0 Å². The van der Waals surface area contributed by atoms with Crippen molar-refractivity contribution in [3.8, 4) is 0 Å². The van der Waals surface area contributed by atoms with Crippen molar-refractivity contribution >= 4 is 29.3 Å². The quantitative estimate of drug-likeness (QED) is 0.916. The van der Waals surface area contributed by atoms with Crippen LogP contribution in [-0.2, 0) is 11.3 Å². The summed E-state index contributed by atoms with van der Waals surface area (Å²) in [6.45, 7) is 3.32. The number of para-hydroxylation sites is 2. The summed E-state index contributed by atoms with van der Waals surface area (Å²) >= 11 is 0. The van der Waals surface area contributed by atoms with Crippen molar-refractivity contribution in [2.75, 3.05) is 6.54 Å². The van der Waals surface area contributed by atoms with Crippen LogP contribution in [-0.4, -0.2) is 39.4 Å². The molecule has 0 spiro atoms. The lowest BCUT2D eigenvalue weighted by Crippen LogP contribution is -2.37. The van der Waals surface area contributed by atoms with Gasteiger partial charge in [0.2, 0.25) is 5.91 Å². The highest BCUT2D eigenvalue weighted by Crippen LogP contribution is 2.23. The number of rotatable bonds is 2. The van der Waals surface area contributed by atoms with E-state index in [0.717, 1.165) is 41.8 Å². The van der Waals surface area contributed by atoms with E-state index in [0.29, 0.717) is 25.0 Å². The second kappa shape index (κ2) is 6.42. The van der Waals surface area contributed by atoms with E-state index in [1.807, 2.05) is 36.1 Å². The monoisotopic (exact) mass is 332 g/mol. The van der Waals surface area contributed by atoms with Gasteiger partial charge in [0.05, 0.1) is 29.0 Å². The van der Waals surface area contributed by atoms with E-state index in [4.69, 9.17) is 4.98 Å². The summed E-state index contributed by atoms with van der Waals surface area (Å²) in [6.07, 6.45) is 2.90. The highest BCUT2D eigenvalue weighted by atomic mass is 35.5. The highest BCUT2D eigenvalue weighted by Gasteiger charge is 2.33. The fraction of sp³-hybridized carbons (Fsp3) is 0.471. The molecular formula is C17H21ClN4O. The normalized spacial score (nSPS) is 23.7. The van der Waals surface area contributed by atoms with Gasteiger partial charge in [-0.1, -0.05) is 12.1 Å². The van der Waals surface area contributed by atoms with Crippen LogP contribution in [0, 0.1) is 6.92 Å². The summed E-state index contributed by atoms with van der Waals surface area (Å²) in [6, 6.07) is 8.68.